The maximum absolute atomic E-state index is 14.0. The number of rotatable bonds is 9. The molecule has 0 unspecified atom stereocenters. The van der Waals surface area contributed by atoms with Crippen molar-refractivity contribution in [3.05, 3.63) is 69.5 Å². The number of halogens is 3. The third-order valence-corrected chi connectivity index (χ3v) is 6.77. The Hall–Kier alpha value is -2.79. The standard InChI is InChI=1S/C24H26BrF2N5O2S/c1-5-32-22(20(13(2)3)29-23(34)15-8-6-7-14(4)9-15)30-31-24(32)35-12-19(33)28-21-17(25)10-16(26)11-18(21)27/h6-11,13,20H,5,12H2,1-4H3,(H,28,33)(H,29,34)/t20-/m1/s1. The quantitative estimate of drug-likeness (QED) is 0.334. The van der Waals surface area contributed by atoms with Crippen LogP contribution in [0.3, 0.4) is 0 Å². The summed E-state index contributed by atoms with van der Waals surface area (Å²) < 4.78 is 29.3. The number of hydrogen-bond donors (Lipinski definition) is 2. The van der Waals surface area contributed by atoms with E-state index in [0.29, 0.717) is 29.2 Å². The monoisotopic (exact) mass is 565 g/mol. The molecule has 1 heterocycles. The molecule has 0 saturated carbocycles. The Kier molecular flexibility index (Phi) is 9.01. The van der Waals surface area contributed by atoms with Crippen molar-refractivity contribution in [2.75, 3.05) is 11.1 Å². The van der Waals surface area contributed by atoms with Crippen molar-refractivity contribution in [3.63, 3.8) is 0 Å². The van der Waals surface area contributed by atoms with Gasteiger partial charge in [0.25, 0.3) is 5.91 Å². The SMILES string of the molecule is CCn1c(SCC(=O)Nc2c(F)cc(F)cc2Br)nnc1[C@H](NC(=O)c1cccc(C)c1)C(C)C. The minimum atomic E-state index is -0.877. The molecule has 0 saturated heterocycles. The third-order valence-electron chi connectivity index (χ3n) is 5.18. The summed E-state index contributed by atoms with van der Waals surface area (Å²) in [5, 5.41) is 14.5. The van der Waals surface area contributed by atoms with Gasteiger partial charge in [0.2, 0.25) is 5.91 Å². The molecule has 0 radical (unpaired) electrons. The van der Waals surface area contributed by atoms with Gasteiger partial charge in [-0.1, -0.05) is 43.3 Å². The summed E-state index contributed by atoms with van der Waals surface area (Å²) in [6, 6.07) is 8.70. The summed E-state index contributed by atoms with van der Waals surface area (Å²) in [5.74, 6) is -1.78. The van der Waals surface area contributed by atoms with Crippen LogP contribution in [0.15, 0.2) is 46.0 Å². The van der Waals surface area contributed by atoms with E-state index in [1.54, 1.807) is 6.07 Å². The van der Waals surface area contributed by atoms with Crippen LogP contribution < -0.4 is 10.6 Å². The van der Waals surface area contributed by atoms with E-state index in [9.17, 15) is 18.4 Å². The van der Waals surface area contributed by atoms with Gasteiger partial charge in [-0.2, -0.15) is 0 Å². The second-order valence-electron chi connectivity index (χ2n) is 8.23. The van der Waals surface area contributed by atoms with Gasteiger partial charge in [-0.15, -0.1) is 10.2 Å². The number of carbonyl (C=O) groups excluding carboxylic acids is 2. The Balaban J connectivity index is 1.73. The van der Waals surface area contributed by atoms with Crippen LogP contribution in [-0.4, -0.2) is 32.3 Å². The minimum Gasteiger partial charge on any atom is -0.342 e. The fourth-order valence-electron chi connectivity index (χ4n) is 3.44. The molecular weight excluding hydrogens is 540 g/mol. The van der Waals surface area contributed by atoms with Crippen molar-refractivity contribution in [1.82, 2.24) is 20.1 Å². The molecule has 11 heteroatoms. The molecule has 35 heavy (non-hydrogen) atoms. The van der Waals surface area contributed by atoms with Gasteiger partial charge in [0, 0.05) is 22.6 Å². The van der Waals surface area contributed by atoms with Crippen LogP contribution in [0.2, 0.25) is 0 Å². The number of aromatic nitrogens is 3. The number of thioether (sulfide) groups is 1. The number of aryl methyl sites for hydroxylation is 1. The van der Waals surface area contributed by atoms with E-state index in [0.717, 1.165) is 23.4 Å². The first-order valence-corrected chi connectivity index (χ1v) is 12.8. The molecule has 186 valence electrons. The molecule has 1 atom stereocenters. The van der Waals surface area contributed by atoms with Crippen LogP contribution in [0.5, 0.6) is 0 Å². The Bertz CT molecular complexity index is 1210. The van der Waals surface area contributed by atoms with Gasteiger partial charge in [0.1, 0.15) is 5.82 Å². The average Bonchev–Trinajstić information content (AvgIpc) is 3.20. The van der Waals surface area contributed by atoms with E-state index in [-0.39, 0.29) is 27.7 Å². The van der Waals surface area contributed by atoms with E-state index >= 15 is 0 Å². The van der Waals surface area contributed by atoms with Crippen LogP contribution in [0.4, 0.5) is 14.5 Å². The minimum absolute atomic E-state index is 0.0261. The van der Waals surface area contributed by atoms with E-state index in [4.69, 9.17) is 0 Å². The molecule has 0 aliphatic heterocycles. The topological polar surface area (TPSA) is 88.9 Å². The fourth-order valence-corrected chi connectivity index (χ4v) is 4.76. The predicted octanol–water partition coefficient (Wildman–Crippen LogP) is 5.51. The van der Waals surface area contributed by atoms with Crippen LogP contribution >= 0.6 is 27.7 Å². The van der Waals surface area contributed by atoms with Crippen LogP contribution in [0, 0.1) is 24.5 Å². The van der Waals surface area contributed by atoms with Gasteiger partial charge in [0.15, 0.2) is 16.8 Å². The molecule has 3 aromatic rings. The first kappa shape index (κ1) is 26.8. The highest BCUT2D eigenvalue weighted by Crippen LogP contribution is 2.28. The van der Waals surface area contributed by atoms with E-state index < -0.39 is 23.6 Å². The number of amides is 2. The number of benzene rings is 2. The molecular formula is C24H26BrF2N5O2S. The largest absolute Gasteiger partial charge is 0.342 e. The maximum Gasteiger partial charge on any atom is 0.251 e. The Labute approximate surface area is 215 Å². The summed E-state index contributed by atoms with van der Waals surface area (Å²) >= 11 is 4.19. The first-order valence-electron chi connectivity index (χ1n) is 11.0. The summed E-state index contributed by atoms with van der Waals surface area (Å²) in [4.78, 5) is 25.3. The van der Waals surface area contributed by atoms with Crippen molar-refractivity contribution in [2.24, 2.45) is 5.92 Å². The number of carbonyl (C=O) groups is 2. The zero-order chi connectivity index (χ0) is 25.7. The molecule has 1 aromatic heterocycles. The predicted molar refractivity (Wildman–Crippen MR) is 135 cm³/mol. The average molecular weight is 566 g/mol. The van der Waals surface area contributed by atoms with Crippen molar-refractivity contribution in [1.29, 1.82) is 0 Å². The Morgan fingerprint density at radius 3 is 2.54 bits per heavy atom. The maximum atomic E-state index is 14.0. The van der Waals surface area contributed by atoms with Gasteiger partial charge < -0.3 is 15.2 Å². The molecule has 7 nitrogen and oxygen atoms in total. The molecule has 0 bridgehead atoms. The normalized spacial score (nSPS) is 12.0. The zero-order valence-corrected chi connectivity index (χ0v) is 22.1. The highest BCUT2D eigenvalue weighted by atomic mass is 79.9. The number of nitrogens with zero attached hydrogens (tertiary/aromatic N) is 3. The third kappa shape index (κ3) is 6.66. The van der Waals surface area contributed by atoms with E-state index in [1.807, 2.05) is 50.5 Å². The highest BCUT2D eigenvalue weighted by Gasteiger charge is 2.26. The zero-order valence-electron chi connectivity index (χ0n) is 19.7. The lowest BCUT2D eigenvalue weighted by Crippen LogP contribution is -2.33. The summed E-state index contributed by atoms with van der Waals surface area (Å²) in [5.41, 5.74) is 1.41. The number of hydrogen-bond acceptors (Lipinski definition) is 5. The lowest BCUT2D eigenvalue weighted by molar-refractivity contribution is -0.113. The summed E-state index contributed by atoms with van der Waals surface area (Å²) in [6.07, 6.45) is 0. The molecule has 0 aliphatic rings. The fraction of sp³-hybridized carbons (Fsp3) is 0.333. The van der Waals surface area contributed by atoms with Crippen LogP contribution in [0.1, 0.15) is 48.6 Å². The Morgan fingerprint density at radius 1 is 1.17 bits per heavy atom. The van der Waals surface area contributed by atoms with Gasteiger partial charge in [-0.3, -0.25) is 9.59 Å². The molecule has 2 amide bonds. The molecule has 3 rings (SSSR count). The highest BCUT2D eigenvalue weighted by molar-refractivity contribution is 9.10. The molecule has 0 spiro atoms. The second kappa shape index (κ2) is 11.8. The van der Waals surface area contributed by atoms with Gasteiger partial charge >= 0.3 is 0 Å². The second-order valence-corrected chi connectivity index (χ2v) is 10.0. The lowest BCUT2D eigenvalue weighted by Gasteiger charge is -2.22. The van der Waals surface area contributed by atoms with E-state index in [2.05, 4.69) is 36.8 Å². The van der Waals surface area contributed by atoms with Crippen molar-refractivity contribution >= 4 is 45.2 Å². The van der Waals surface area contributed by atoms with Crippen LogP contribution in [0.25, 0.3) is 0 Å². The van der Waals surface area contributed by atoms with Crippen molar-refractivity contribution in [2.45, 2.75) is 45.4 Å². The first-order chi connectivity index (χ1) is 16.6. The molecule has 0 aliphatic carbocycles. The van der Waals surface area contributed by atoms with Crippen molar-refractivity contribution in [3.8, 4) is 0 Å². The molecule has 2 N–H and O–H groups in total. The molecule has 0 fully saturated rings. The summed E-state index contributed by atoms with van der Waals surface area (Å²) in [7, 11) is 0. The lowest BCUT2D eigenvalue weighted by atomic mass is 10.0. The van der Waals surface area contributed by atoms with Gasteiger partial charge in [-0.05, 0) is 53.9 Å². The van der Waals surface area contributed by atoms with E-state index in [1.165, 1.54) is 0 Å². The van der Waals surface area contributed by atoms with Gasteiger partial charge in [0.05, 0.1) is 17.5 Å². The number of nitrogens with one attached hydrogen (secondary N) is 2. The summed E-state index contributed by atoms with van der Waals surface area (Å²) in [6.45, 7) is 8.32. The van der Waals surface area contributed by atoms with Crippen LogP contribution in [-0.2, 0) is 11.3 Å². The smallest absolute Gasteiger partial charge is 0.251 e. The Morgan fingerprint density at radius 2 is 1.91 bits per heavy atom. The molecule has 2 aromatic carbocycles. The number of anilines is 1. The van der Waals surface area contributed by atoms with Gasteiger partial charge in [-0.25, -0.2) is 8.78 Å². The van der Waals surface area contributed by atoms with Crippen molar-refractivity contribution < 1.29 is 18.4 Å².